The molecule has 2 saturated carbocycles. The zero-order chi connectivity index (χ0) is 17.4. The van der Waals surface area contributed by atoms with Crippen LogP contribution in [-0.2, 0) is 0 Å². The van der Waals surface area contributed by atoms with Gasteiger partial charge in [-0.25, -0.2) is 8.78 Å². The Balaban J connectivity index is 1.50. The summed E-state index contributed by atoms with van der Waals surface area (Å²) in [4.78, 5) is 0. The Morgan fingerprint density at radius 1 is 0.920 bits per heavy atom. The zero-order valence-electron chi connectivity index (χ0n) is 15.1. The molecule has 0 heterocycles. The largest absolute Gasteiger partial charge is 0.204 e. The van der Waals surface area contributed by atoms with E-state index in [1.54, 1.807) is 12.1 Å². The Bertz CT molecular complexity index is 751. The highest BCUT2D eigenvalue weighted by Crippen LogP contribution is 2.48. The minimum atomic E-state index is -0.760. The standard InChI is InChI=1S/C23H28F2/c1-2-3-15-4-5-17-13-18(7-6-16(17)12-15)19-8-10-21-20(14-19)9-11-22(24)23(21)25/h8-11,14-18H,2-7,12-13H2,1H3. The highest BCUT2D eigenvalue weighted by Gasteiger charge is 2.35. The predicted molar refractivity (Wildman–Crippen MR) is 99.7 cm³/mol. The molecule has 0 radical (unpaired) electrons. The van der Waals surface area contributed by atoms with E-state index in [2.05, 4.69) is 13.0 Å². The molecule has 2 aliphatic carbocycles. The van der Waals surface area contributed by atoms with Gasteiger partial charge in [0.15, 0.2) is 11.6 Å². The van der Waals surface area contributed by atoms with Crippen LogP contribution in [0.15, 0.2) is 30.3 Å². The van der Waals surface area contributed by atoms with Gasteiger partial charge in [-0.2, -0.15) is 0 Å². The summed E-state index contributed by atoms with van der Waals surface area (Å²) in [7, 11) is 0. The van der Waals surface area contributed by atoms with Crippen LogP contribution in [0.4, 0.5) is 8.78 Å². The molecule has 0 nitrogen and oxygen atoms in total. The summed E-state index contributed by atoms with van der Waals surface area (Å²) in [6, 6.07) is 8.84. The molecule has 2 aliphatic rings. The van der Waals surface area contributed by atoms with Crippen molar-refractivity contribution in [1.29, 1.82) is 0 Å². The van der Waals surface area contributed by atoms with Gasteiger partial charge < -0.3 is 0 Å². The maximum absolute atomic E-state index is 13.9. The van der Waals surface area contributed by atoms with Gasteiger partial charge in [0.1, 0.15) is 0 Å². The highest BCUT2D eigenvalue weighted by atomic mass is 19.2. The number of halogens is 2. The van der Waals surface area contributed by atoms with Gasteiger partial charge in [0.2, 0.25) is 0 Å². The summed E-state index contributed by atoms with van der Waals surface area (Å²) in [6.07, 6.45) is 10.8. The Kier molecular flexibility index (Phi) is 4.80. The summed E-state index contributed by atoms with van der Waals surface area (Å²) in [5.41, 5.74) is 1.31. The van der Waals surface area contributed by atoms with Gasteiger partial charge in [-0.3, -0.25) is 0 Å². The second kappa shape index (κ2) is 7.05. The third kappa shape index (κ3) is 3.32. The van der Waals surface area contributed by atoms with Crippen LogP contribution in [0, 0.1) is 29.4 Å². The molecule has 0 spiro atoms. The summed E-state index contributed by atoms with van der Waals surface area (Å²) < 4.78 is 27.3. The maximum atomic E-state index is 13.9. The van der Waals surface area contributed by atoms with Gasteiger partial charge in [-0.15, -0.1) is 0 Å². The van der Waals surface area contributed by atoms with E-state index in [0.29, 0.717) is 11.3 Å². The fraction of sp³-hybridized carbons (Fsp3) is 0.565. The minimum Gasteiger partial charge on any atom is -0.204 e. The zero-order valence-corrected chi connectivity index (χ0v) is 15.1. The molecule has 0 N–H and O–H groups in total. The maximum Gasteiger partial charge on any atom is 0.166 e. The SMILES string of the molecule is CCCC1CCC2CC(c3ccc4c(F)c(F)ccc4c3)CCC2C1. The van der Waals surface area contributed by atoms with Crippen LogP contribution in [0.3, 0.4) is 0 Å². The third-order valence-electron chi connectivity index (χ3n) is 6.82. The van der Waals surface area contributed by atoms with E-state index < -0.39 is 11.6 Å². The normalized spacial score (nSPS) is 29.6. The molecule has 4 unspecified atom stereocenters. The van der Waals surface area contributed by atoms with Gasteiger partial charge in [-0.1, -0.05) is 50.5 Å². The van der Waals surface area contributed by atoms with E-state index in [-0.39, 0.29) is 0 Å². The first-order valence-corrected chi connectivity index (χ1v) is 10.0. The molecule has 0 aromatic heterocycles. The highest BCUT2D eigenvalue weighted by molar-refractivity contribution is 5.84. The molecule has 2 fully saturated rings. The topological polar surface area (TPSA) is 0 Å². The van der Waals surface area contributed by atoms with Gasteiger partial charge in [0.05, 0.1) is 0 Å². The summed E-state index contributed by atoms with van der Waals surface area (Å²) in [6.45, 7) is 2.30. The van der Waals surface area contributed by atoms with E-state index in [1.165, 1.54) is 63.0 Å². The molecule has 0 aliphatic heterocycles. The third-order valence-corrected chi connectivity index (χ3v) is 6.82. The summed E-state index contributed by atoms with van der Waals surface area (Å²) in [5, 5.41) is 1.22. The average molecular weight is 342 g/mol. The first-order chi connectivity index (χ1) is 12.2. The number of benzene rings is 2. The minimum absolute atomic E-state index is 0.400. The Hall–Kier alpha value is -1.44. The number of hydrogen-bond donors (Lipinski definition) is 0. The smallest absolute Gasteiger partial charge is 0.166 e. The Labute approximate surface area is 149 Å². The molecular weight excluding hydrogens is 314 g/mol. The number of fused-ring (bicyclic) bond motifs is 2. The summed E-state index contributed by atoms with van der Waals surface area (Å²) in [5.74, 6) is 1.86. The quantitative estimate of drug-likeness (QED) is 0.552. The first kappa shape index (κ1) is 17.0. The molecule has 2 heteroatoms. The molecule has 0 saturated heterocycles. The number of hydrogen-bond acceptors (Lipinski definition) is 0. The van der Waals surface area contributed by atoms with Crippen molar-refractivity contribution in [1.82, 2.24) is 0 Å². The lowest BCUT2D eigenvalue weighted by Gasteiger charge is -2.42. The molecule has 0 amide bonds. The van der Waals surface area contributed by atoms with Gasteiger partial charge in [-0.05, 0) is 72.8 Å². The van der Waals surface area contributed by atoms with Gasteiger partial charge in [0, 0.05) is 5.39 Å². The van der Waals surface area contributed by atoms with E-state index in [1.807, 2.05) is 6.07 Å². The van der Waals surface area contributed by atoms with E-state index >= 15 is 0 Å². The average Bonchev–Trinajstić information content (AvgIpc) is 2.64. The lowest BCUT2D eigenvalue weighted by molar-refractivity contribution is 0.114. The second-order valence-corrected chi connectivity index (χ2v) is 8.34. The second-order valence-electron chi connectivity index (χ2n) is 8.34. The van der Waals surface area contributed by atoms with E-state index in [4.69, 9.17) is 0 Å². The van der Waals surface area contributed by atoms with Crippen LogP contribution >= 0.6 is 0 Å². The lowest BCUT2D eigenvalue weighted by Crippen LogP contribution is -2.30. The predicted octanol–water partition coefficient (Wildman–Crippen LogP) is 7.22. The first-order valence-electron chi connectivity index (χ1n) is 10.0. The van der Waals surface area contributed by atoms with Crippen LogP contribution in [0.25, 0.3) is 10.8 Å². The van der Waals surface area contributed by atoms with E-state index in [9.17, 15) is 8.78 Å². The molecule has 134 valence electrons. The Morgan fingerprint density at radius 2 is 1.72 bits per heavy atom. The van der Waals surface area contributed by atoms with Crippen molar-refractivity contribution in [3.8, 4) is 0 Å². The van der Waals surface area contributed by atoms with E-state index in [0.717, 1.165) is 23.1 Å². The van der Waals surface area contributed by atoms with Gasteiger partial charge in [0.25, 0.3) is 0 Å². The van der Waals surface area contributed by atoms with Crippen molar-refractivity contribution >= 4 is 10.8 Å². The molecule has 2 aromatic rings. The fourth-order valence-corrected chi connectivity index (χ4v) is 5.50. The summed E-state index contributed by atoms with van der Waals surface area (Å²) >= 11 is 0. The molecular formula is C23H28F2. The molecule has 0 bridgehead atoms. The molecule has 4 atom stereocenters. The fourth-order valence-electron chi connectivity index (χ4n) is 5.50. The van der Waals surface area contributed by atoms with Crippen LogP contribution in [0.5, 0.6) is 0 Å². The van der Waals surface area contributed by atoms with Crippen LogP contribution in [0.2, 0.25) is 0 Å². The lowest BCUT2D eigenvalue weighted by atomic mass is 9.63. The monoisotopic (exact) mass is 342 g/mol. The molecule has 2 aromatic carbocycles. The van der Waals surface area contributed by atoms with Crippen molar-refractivity contribution in [3.63, 3.8) is 0 Å². The van der Waals surface area contributed by atoms with Crippen LogP contribution in [-0.4, -0.2) is 0 Å². The van der Waals surface area contributed by atoms with Crippen molar-refractivity contribution in [2.75, 3.05) is 0 Å². The molecule has 4 rings (SSSR count). The Morgan fingerprint density at radius 3 is 2.56 bits per heavy atom. The number of rotatable bonds is 3. The van der Waals surface area contributed by atoms with Crippen molar-refractivity contribution in [3.05, 3.63) is 47.5 Å². The van der Waals surface area contributed by atoms with Crippen LogP contribution < -0.4 is 0 Å². The van der Waals surface area contributed by atoms with Gasteiger partial charge >= 0.3 is 0 Å². The van der Waals surface area contributed by atoms with Crippen molar-refractivity contribution in [2.24, 2.45) is 17.8 Å². The van der Waals surface area contributed by atoms with Crippen molar-refractivity contribution in [2.45, 2.75) is 64.2 Å². The van der Waals surface area contributed by atoms with Crippen LogP contribution in [0.1, 0.15) is 69.8 Å². The van der Waals surface area contributed by atoms with Crippen molar-refractivity contribution < 1.29 is 8.78 Å². The molecule has 25 heavy (non-hydrogen) atoms.